The summed E-state index contributed by atoms with van der Waals surface area (Å²) in [5.41, 5.74) is 0.169. The van der Waals surface area contributed by atoms with Crippen LogP contribution < -0.4 is 9.64 Å². The number of anilines is 1. The van der Waals surface area contributed by atoms with Gasteiger partial charge in [-0.05, 0) is 32.9 Å². The van der Waals surface area contributed by atoms with Gasteiger partial charge in [0, 0.05) is 18.2 Å². The van der Waals surface area contributed by atoms with Crippen molar-refractivity contribution in [2.24, 2.45) is 0 Å². The zero-order valence-corrected chi connectivity index (χ0v) is 18.0. The summed E-state index contributed by atoms with van der Waals surface area (Å²) in [7, 11) is 0. The van der Waals surface area contributed by atoms with E-state index in [1.54, 1.807) is 25.7 Å². The molecule has 2 aromatic carbocycles. The minimum Gasteiger partial charge on any atom is -0.492 e. The number of ether oxygens (including phenoxy) is 3. The summed E-state index contributed by atoms with van der Waals surface area (Å²) in [6.45, 7) is 6.34. The third-order valence-corrected chi connectivity index (χ3v) is 4.89. The van der Waals surface area contributed by atoms with Crippen LogP contribution in [0.2, 0.25) is 0 Å². The van der Waals surface area contributed by atoms with Gasteiger partial charge in [-0.25, -0.2) is 18.0 Å². The lowest BCUT2D eigenvalue weighted by molar-refractivity contribution is 0.0215. The second-order valence-electron chi connectivity index (χ2n) is 8.50. The van der Waals surface area contributed by atoms with Gasteiger partial charge in [-0.2, -0.15) is 0 Å². The highest BCUT2D eigenvalue weighted by Crippen LogP contribution is 2.38. The molecule has 0 fully saturated rings. The van der Waals surface area contributed by atoms with Crippen molar-refractivity contribution in [2.75, 3.05) is 31.1 Å². The van der Waals surface area contributed by atoms with E-state index in [-0.39, 0.29) is 36.9 Å². The SMILES string of the molecule is CC(C)(C)OC(=O)N1CCOC2=C1CN(c1cc(F)c(F)cc1Oc1cccc(F)c1)C2. The Morgan fingerprint density at radius 2 is 1.81 bits per heavy atom. The van der Waals surface area contributed by atoms with Gasteiger partial charge in [0.15, 0.2) is 17.4 Å². The van der Waals surface area contributed by atoms with Crippen LogP contribution in [0.3, 0.4) is 0 Å². The van der Waals surface area contributed by atoms with Gasteiger partial charge in [-0.15, -0.1) is 0 Å². The molecule has 2 aliphatic heterocycles. The quantitative estimate of drug-likeness (QED) is 0.647. The third-order valence-electron chi connectivity index (χ3n) is 4.89. The molecule has 170 valence electrons. The molecule has 0 unspecified atom stereocenters. The van der Waals surface area contributed by atoms with Crippen LogP contribution >= 0.6 is 0 Å². The molecule has 0 saturated heterocycles. The summed E-state index contributed by atoms with van der Waals surface area (Å²) in [6.07, 6.45) is -0.503. The molecule has 1 amide bonds. The second kappa shape index (κ2) is 8.29. The molecule has 32 heavy (non-hydrogen) atoms. The van der Waals surface area contributed by atoms with Gasteiger partial charge in [0.2, 0.25) is 0 Å². The molecule has 0 aromatic heterocycles. The van der Waals surface area contributed by atoms with Crippen molar-refractivity contribution in [3.63, 3.8) is 0 Å². The molecule has 0 atom stereocenters. The first kappa shape index (κ1) is 21.9. The van der Waals surface area contributed by atoms with Gasteiger partial charge < -0.3 is 19.1 Å². The van der Waals surface area contributed by atoms with Crippen LogP contribution in [0.15, 0.2) is 47.9 Å². The summed E-state index contributed by atoms with van der Waals surface area (Å²) < 4.78 is 58.6. The topological polar surface area (TPSA) is 51.2 Å². The van der Waals surface area contributed by atoms with Crippen molar-refractivity contribution in [3.8, 4) is 11.5 Å². The van der Waals surface area contributed by atoms with Crippen molar-refractivity contribution in [3.05, 3.63) is 65.3 Å². The Labute approximate surface area is 183 Å². The molecule has 0 saturated carbocycles. The summed E-state index contributed by atoms with van der Waals surface area (Å²) in [5.74, 6) is -1.97. The monoisotopic (exact) mass is 448 g/mol. The largest absolute Gasteiger partial charge is 0.492 e. The molecule has 0 spiro atoms. The van der Waals surface area contributed by atoms with Crippen LogP contribution in [0.4, 0.5) is 23.7 Å². The zero-order valence-electron chi connectivity index (χ0n) is 18.0. The van der Waals surface area contributed by atoms with Crippen molar-refractivity contribution in [1.29, 1.82) is 0 Å². The molecular weight excluding hydrogens is 425 g/mol. The first-order valence-corrected chi connectivity index (χ1v) is 10.1. The maximum absolute atomic E-state index is 14.1. The van der Waals surface area contributed by atoms with Crippen LogP contribution in [0.5, 0.6) is 11.5 Å². The van der Waals surface area contributed by atoms with Crippen molar-refractivity contribution in [1.82, 2.24) is 4.90 Å². The third kappa shape index (κ3) is 4.61. The molecule has 2 aromatic rings. The molecule has 2 aliphatic rings. The van der Waals surface area contributed by atoms with Gasteiger partial charge in [0.1, 0.15) is 29.5 Å². The fourth-order valence-corrected chi connectivity index (χ4v) is 3.54. The Balaban J connectivity index is 1.61. The number of benzene rings is 2. The van der Waals surface area contributed by atoms with E-state index >= 15 is 0 Å². The first-order chi connectivity index (χ1) is 15.1. The summed E-state index contributed by atoms with van der Waals surface area (Å²) in [4.78, 5) is 15.9. The molecular formula is C23H23F3N2O4. The Morgan fingerprint density at radius 1 is 1.06 bits per heavy atom. The van der Waals surface area contributed by atoms with E-state index in [9.17, 15) is 18.0 Å². The minimum atomic E-state index is -1.09. The zero-order chi connectivity index (χ0) is 23.0. The molecule has 0 N–H and O–H groups in total. The molecule has 0 aliphatic carbocycles. The molecule has 0 radical (unpaired) electrons. The number of carbonyl (C=O) groups excluding carboxylic acids is 1. The van der Waals surface area contributed by atoms with E-state index in [1.807, 2.05) is 0 Å². The number of halogens is 3. The number of nitrogens with zero attached hydrogens (tertiary/aromatic N) is 2. The van der Waals surface area contributed by atoms with E-state index < -0.39 is 29.1 Å². The average molecular weight is 448 g/mol. The van der Waals surface area contributed by atoms with Gasteiger partial charge >= 0.3 is 6.09 Å². The molecule has 4 rings (SSSR count). The fraction of sp³-hybridized carbons (Fsp3) is 0.348. The predicted octanol–water partition coefficient (Wildman–Crippen LogP) is 5.20. The standard InChI is InChI=1S/C23H23F3N2O4/c1-23(2,3)32-22(29)28-7-8-30-21-13-27(12-19(21)28)18-10-16(25)17(26)11-20(18)31-15-6-4-5-14(24)9-15/h4-6,9-11H,7-8,12-13H2,1-3H3. The highest BCUT2D eigenvalue weighted by Gasteiger charge is 2.36. The van der Waals surface area contributed by atoms with Crippen LogP contribution in [0.1, 0.15) is 20.8 Å². The Morgan fingerprint density at radius 3 is 2.53 bits per heavy atom. The van der Waals surface area contributed by atoms with Crippen molar-refractivity contribution >= 4 is 11.8 Å². The normalized spacial score (nSPS) is 16.1. The lowest BCUT2D eigenvalue weighted by Crippen LogP contribution is -2.41. The molecule has 6 nitrogen and oxygen atoms in total. The molecule has 9 heteroatoms. The highest BCUT2D eigenvalue weighted by atomic mass is 19.2. The number of hydrogen-bond acceptors (Lipinski definition) is 5. The van der Waals surface area contributed by atoms with Crippen LogP contribution in [0, 0.1) is 17.5 Å². The first-order valence-electron chi connectivity index (χ1n) is 10.1. The van der Waals surface area contributed by atoms with E-state index in [0.29, 0.717) is 18.0 Å². The molecule has 0 bridgehead atoms. The van der Waals surface area contributed by atoms with Crippen molar-refractivity contribution in [2.45, 2.75) is 26.4 Å². The average Bonchev–Trinajstić information content (AvgIpc) is 3.13. The van der Waals surface area contributed by atoms with Crippen molar-refractivity contribution < 1.29 is 32.2 Å². The Bertz CT molecular complexity index is 1080. The Hall–Kier alpha value is -3.36. The minimum absolute atomic E-state index is 0.0122. The van der Waals surface area contributed by atoms with Gasteiger partial charge in [-0.1, -0.05) is 6.07 Å². The predicted molar refractivity (Wildman–Crippen MR) is 111 cm³/mol. The van der Waals surface area contributed by atoms with Gasteiger partial charge in [-0.3, -0.25) is 4.90 Å². The van der Waals surface area contributed by atoms with Gasteiger partial charge in [0.05, 0.1) is 31.0 Å². The van der Waals surface area contributed by atoms with E-state index in [4.69, 9.17) is 14.2 Å². The highest BCUT2D eigenvalue weighted by molar-refractivity contribution is 5.72. The lowest BCUT2D eigenvalue weighted by atomic mass is 10.2. The maximum Gasteiger partial charge on any atom is 0.414 e. The summed E-state index contributed by atoms with van der Waals surface area (Å²) in [6, 6.07) is 7.28. The van der Waals surface area contributed by atoms with Gasteiger partial charge in [0.25, 0.3) is 0 Å². The lowest BCUT2D eigenvalue weighted by Gasteiger charge is -2.31. The van der Waals surface area contributed by atoms with E-state index in [2.05, 4.69) is 0 Å². The number of hydrogen-bond donors (Lipinski definition) is 0. The van der Waals surface area contributed by atoms with Crippen LogP contribution in [-0.2, 0) is 9.47 Å². The Kier molecular flexibility index (Phi) is 5.66. The summed E-state index contributed by atoms with van der Waals surface area (Å²) in [5, 5.41) is 0. The van der Waals surface area contributed by atoms with Crippen LogP contribution in [-0.4, -0.2) is 42.8 Å². The number of amides is 1. The number of carbonyl (C=O) groups is 1. The smallest absolute Gasteiger partial charge is 0.414 e. The summed E-state index contributed by atoms with van der Waals surface area (Å²) >= 11 is 0. The number of rotatable bonds is 3. The maximum atomic E-state index is 14.1. The van der Waals surface area contributed by atoms with E-state index in [1.165, 1.54) is 23.1 Å². The molecule has 2 heterocycles. The fourth-order valence-electron chi connectivity index (χ4n) is 3.54. The van der Waals surface area contributed by atoms with E-state index in [0.717, 1.165) is 18.2 Å². The van der Waals surface area contributed by atoms with Crippen LogP contribution in [0.25, 0.3) is 0 Å². The second-order valence-corrected chi connectivity index (χ2v) is 8.50.